The van der Waals surface area contributed by atoms with Crippen molar-refractivity contribution < 1.29 is 56.8 Å². The molecule has 1 rings (SSSR count). The quantitative estimate of drug-likeness (QED) is 0.204. The Morgan fingerprint density at radius 1 is 0.795 bits per heavy atom. The molecule has 256 valence electrons. The van der Waals surface area contributed by atoms with Gasteiger partial charge in [0, 0.05) is 5.92 Å². The predicted octanol–water partition coefficient (Wildman–Crippen LogP) is 5.01. The van der Waals surface area contributed by atoms with E-state index in [1.54, 1.807) is 90.0 Å². The normalized spacial score (nSPS) is 22.8. The highest BCUT2D eigenvalue weighted by molar-refractivity contribution is 8.00. The fourth-order valence-corrected chi connectivity index (χ4v) is 4.21. The summed E-state index contributed by atoms with van der Waals surface area (Å²) in [6, 6.07) is 0. The fourth-order valence-electron chi connectivity index (χ4n) is 3.04. The van der Waals surface area contributed by atoms with Gasteiger partial charge >= 0.3 is 23.9 Å². The van der Waals surface area contributed by atoms with Crippen molar-refractivity contribution in [3.63, 3.8) is 0 Å². The molecule has 0 aromatic rings. The van der Waals surface area contributed by atoms with Crippen LogP contribution in [0.15, 0.2) is 0 Å². The Kier molecular flexibility index (Phi) is 15.5. The minimum atomic E-state index is -1.96. The van der Waals surface area contributed by atoms with Gasteiger partial charge in [0.2, 0.25) is 0 Å². The minimum absolute atomic E-state index is 0.0860. The monoisotopic (exact) mass is 654 g/mol. The van der Waals surface area contributed by atoms with E-state index in [2.05, 4.69) is 0 Å². The molecular formula is C31H52F2O10S. The van der Waals surface area contributed by atoms with Gasteiger partial charge in [-0.2, -0.15) is 0 Å². The lowest BCUT2D eigenvalue weighted by Crippen LogP contribution is -2.40. The molecule has 13 heteroatoms. The van der Waals surface area contributed by atoms with E-state index in [4.69, 9.17) is 18.9 Å². The number of esters is 4. The van der Waals surface area contributed by atoms with Gasteiger partial charge in [-0.3, -0.25) is 24.0 Å². The van der Waals surface area contributed by atoms with Crippen LogP contribution in [0.3, 0.4) is 0 Å². The molecule has 1 N–H and O–H groups in total. The summed E-state index contributed by atoms with van der Waals surface area (Å²) in [5.41, 5.74) is -4.24. The standard InChI is InChI=1S/C16H27FO5.C15H25FO5S/c1-10(9-21-13(19)15(2,3)4)12(11(17)8-18)22-14(20)16(5,6)7;1-14(2,3)12(18)20-7-8-10(9(16)11(17)22-8)21-13(19)15(4,5)6/h8,10-12H,9H2,1-7H3;8-11,17H,7H2,1-6H3/t10-,11+,12+;8-,9+,10-,11?/m01/s1. The SMILES string of the molecule is CC(C)(C)C(=O)OC[C@H]1SC(O)[C@@H](F)[C@@H]1OC(=O)C(C)(C)C.C[C@@H](COC(=O)C(C)(C)C)[C@@H](OC(=O)C(C)(C)C)[C@H](F)C=O. The number of thioether (sulfide) groups is 1. The number of aliphatic hydroxyl groups is 1. The molecule has 10 nitrogen and oxygen atoms in total. The maximum atomic E-state index is 14.1. The van der Waals surface area contributed by atoms with Gasteiger partial charge in [-0.1, -0.05) is 6.92 Å². The summed E-state index contributed by atoms with van der Waals surface area (Å²) in [6.07, 6.45) is -5.98. The van der Waals surface area contributed by atoms with Crippen molar-refractivity contribution in [2.45, 2.75) is 125 Å². The lowest BCUT2D eigenvalue weighted by molar-refractivity contribution is -0.169. The molecule has 1 heterocycles. The number of carbonyl (C=O) groups is 5. The highest BCUT2D eigenvalue weighted by atomic mass is 32.2. The van der Waals surface area contributed by atoms with Gasteiger partial charge in [0.05, 0.1) is 33.5 Å². The first kappa shape index (κ1) is 41.7. The van der Waals surface area contributed by atoms with Gasteiger partial charge < -0.3 is 24.1 Å². The zero-order valence-electron chi connectivity index (χ0n) is 28.3. The number of aldehydes is 1. The molecule has 0 saturated carbocycles. The van der Waals surface area contributed by atoms with Crippen molar-refractivity contribution in [1.82, 2.24) is 0 Å². The maximum absolute atomic E-state index is 14.1. The van der Waals surface area contributed by atoms with Gasteiger partial charge in [-0.15, -0.1) is 11.8 Å². The highest BCUT2D eigenvalue weighted by Gasteiger charge is 2.48. The average molecular weight is 655 g/mol. The topological polar surface area (TPSA) is 143 Å². The zero-order valence-corrected chi connectivity index (χ0v) is 29.1. The first-order chi connectivity index (χ1) is 19.6. The van der Waals surface area contributed by atoms with E-state index >= 15 is 0 Å². The molecule has 1 aliphatic rings. The maximum Gasteiger partial charge on any atom is 0.311 e. The van der Waals surface area contributed by atoms with E-state index in [1.165, 1.54) is 0 Å². The van der Waals surface area contributed by atoms with Crippen molar-refractivity contribution in [3.8, 4) is 0 Å². The minimum Gasteiger partial charge on any atom is -0.465 e. The molecule has 1 saturated heterocycles. The molecule has 0 aliphatic carbocycles. The molecular weight excluding hydrogens is 602 g/mol. The number of rotatable bonds is 9. The van der Waals surface area contributed by atoms with Crippen molar-refractivity contribution in [3.05, 3.63) is 0 Å². The Balaban J connectivity index is 0.000000840. The molecule has 1 unspecified atom stereocenters. The van der Waals surface area contributed by atoms with E-state index in [9.17, 15) is 37.9 Å². The van der Waals surface area contributed by atoms with Crippen molar-refractivity contribution in [1.29, 1.82) is 0 Å². The lowest BCUT2D eigenvalue weighted by atomic mass is 9.95. The summed E-state index contributed by atoms with van der Waals surface area (Å²) in [4.78, 5) is 58.0. The summed E-state index contributed by atoms with van der Waals surface area (Å²) in [7, 11) is 0. The third-order valence-electron chi connectivity index (χ3n) is 6.06. The molecule has 0 bridgehead atoms. The van der Waals surface area contributed by atoms with Crippen LogP contribution in [-0.2, 0) is 42.9 Å². The summed E-state index contributed by atoms with van der Waals surface area (Å²) in [6.45, 7) is 21.4. The van der Waals surface area contributed by atoms with Gasteiger partial charge in [-0.05, 0) is 83.1 Å². The Bertz CT molecular complexity index is 991. The van der Waals surface area contributed by atoms with Crippen LogP contribution >= 0.6 is 11.8 Å². The third kappa shape index (κ3) is 13.8. The first-order valence-electron chi connectivity index (χ1n) is 14.5. The molecule has 44 heavy (non-hydrogen) atoms. The zero-order chi connectivity index (χ0) is 35.0. The first-order valence-corrected chi connectivity index (χ1v) is 15.4. The van der Waals surface area contributed by atoms with E-state index in [0.717, 1.165) is 11.8 Å². The van der Waals surface area contributed by atoms with E-state index in [-0.39, 0.29) is 19.5 Å². The molecule has 1 aliphatic heterocycles. The summed E-state index contributed by atoms with van der Waals surface area (Å²) in [5, 5.41) is 9.01. The van der Waals surface area contributed by atoms with E-state index in [1.807, 2.05) is 0 Å². The molecule has 0 amide bonds. The second-order valence-corrected chi connectivity index (χ2v) is 16.4. The molecule has 0 aromatic heterocycles. The Labute approximate surface area is 264 Å². The van der Waals surface area contributed by atoms with Gasteiger partial charge in [-0.25, -0.2) is 8.78 Å². The average Bonchev–Trinajstić information content (AvgIpc) is 3.13. The summed E-state index contributed by atoms with van der Waals surface area (Å²) < 4.78 is 48.4. The van der Waals surface area contributed by atoms with Crippen LogP contribution in [-0.4, -0.2) is 83.7 Å². The second-order valence-electron chi connectivity index (χ2n) is 15.0. The number of alkyl halides is 2. The molecule has 0 radical (unpaired) electrons. The molecule has 0 spiro atoms. The van der Waals surface area contributed by atoms with Crippen LogP contribution in [0.5, 0.6) is 0 Å². The van der Waals surface area contributed by atoms with E-state index < -0.39 is 86.7 Å². The predicted molar refractivity (Wildman–Crippen MR) is 162 cm³/mol. The summed E-state index contributed by atoms with van der Waals surface area (Å²) in [5.74, 6) is -2.68. The molecule has 1 fully saturated rings. The smallest absolute Gasteiger partial charge is 0.311 e. The van der Waals surface area contributed by atoms with E-state index in [0.29, 0.717) is 0 Å². The second kappa shape index (κ2) is 16.3. The van der Waals surface area contributed by atoms with Crippen molar-refractivity contribution >= 4 is 41.9 Å². The number of ether oxygens (including phenoxy) is 4. The summed E-state index contributed by atoms with van der Waals surface area (Å²) >= 11 is 0.913. The Morgan fingerprint density at radius 3 is 1.64 bits per heavy atom. The van der Waals surface area contributed by atoms with Crippen molar-refractivity contribution in [2.24, 2.45) is 27.6 Å². The molecule has 0 aromatic carbocycles. The highest BCUT2D eigenvalue weighted by Crippen LogP contribution is 2.38. The number of halogens is 2. The van der Waals surface area contributed by atoms with Crippen LogP contribution in [0, 0.1) is 27.6 Å². The third-order valence-corrected chi connectivity index (χ3v) is 7.36. The van der Waals surface area contributed by atoms with Crippen LogP contribution < -0.4 is 0 Å². The van der Waals surface area contributed by atoms with Crippen LogP contribution in [0.4, 0.5) is 8.78 Å². The van der Waals surface area contributed by atoms with Crippen LogP contribution in [0.1, 0.15) is 90.0 Å². The van der Waals surface area contributed by atoms with Crippen molar-refractivity contribution in [2.75, 3.05) is 13.2 Å². The largest absolute Gasteiger partial charge is 0.465 e. The van der Waals surface area contributed by atoms with Crippen LogP contribution in [0.25, 0.3) is 0 Å². The number of carbonyl (C=O) groups excluding carboxylic acids is 5. The number of hydrogen-bond acceptors (Lipinski definition) is 11. The Morgan fingerprint density at radius 2 is 1.23 bits per heavy atom. The van der Waals surface area contributed by atoms with Crippen LogP contribution in [0.2, 0.25) is 0 Å². The van der Waals surface area contributed by atoms with Gasteiger partial charge in [0.1, 0.15) is 18.1 Å². The molecule has 7 atom stereocenters. The Hall–Kier alpha value is -2.28. The fraction of sp³-hybridized carbons (Fsp3) is 0.839. The lowest BCUT2D eigenvalue weighted by Gasteiger charge is -2.28. The number of aliphatic hydroxyl groups excluding tert-OH is 1. The number of hydrogen-bond donors (Lipinski definition) is 1. The van der Waals surface area contributed by atoms with Gasteiger partial charge in [0.15, 0.2) is 24.7 Å². The van der Waals surface area contributed by atoms with Gasteiger partial charge in [0.25, 0.3) is 0 Å².